The van der Waals surface area contributed by atoms with Crippen LogP contribution in [0.2, 0.25) is 0 Å². The van der Waals surface area contributed by atoms with Crippen molar-refractivity contribution in [2.24, 2.45) is 0 Å². The molecular formula is C51H32N6. The first-order valence-electron chi connectivity index (χ1n) is 32.6. The minimum atomic E-state index is -1.16. The number of para-hydroxylation sites is 5. The molecule has 0 saturated carbocycles. The van der Waals surface area contributed by atoms with E-state index in [1.807, 2.05) is 0 Å². The molecular weight excluding hydrogens is 697 g/mol. The molecule has 6 nitrogen and oxygen atoms in total. The molecule has 0 aliphatic heterocycles. The van der Waals surface area contributed by atoms with Gasteiger partial charge >= 0.3 is 0 Å². The summed E-state index contributed by atoms with van der Waals surface area (Å²) in [6.45, 7) is 0. The molecule has 0 bridgehead atoms. The Bertz CT molecular complexity index is 5230. The Morgan fingerprint density at radius 2 is 0.702 bits per heavy atom. The molecule has 266 valence electrons. The minimum Gasteiger partial charge on any atom is -0.309 e. The average Bonchev–Trinajstić information content (AvgIpc) is 1.55. The van der Waals surface area contributed by atoms with E-state index in [0.717, 1.165) is 9.13 Å². The smallest absolute Gasteiger partial charge is 0.238 e. The van der Waals surface area contributed by atoms with E-state index in [9.17, 15) is 12.3 Å². The fourth-order valence-electron chi connectivity index (χ4n) is 6.71. The van der Waals surface area contributed by atoms with E-state index in [2.05, 4.69) is 15.0 Å². The summed E-state index contributed by atoms with van der Waals surface area (Å²) < 4.78 is 291. The van der Waals surface area contributed by atoms with Gasteiger partial charge in [-0.1, -0.05) is 133 Å². The van der Waals surface area contributed by atoms with Crippen molar-refractivity contribution in [1.82, 2.24) is 28.7 Å². The number of fused-ring (bicyclic) bond motifs is 9. The lowest BCUT2D eigenvalue weighted by atomic mass is 10.1. The second-order valence-corrected chi connectivity index (χ2v) is 12.1. The summed E-state index contributed by atoms with van der Waals surface area (Å²) in [5.74, 6) is -2.86. The van der Waals surface area contributed by atoms with E-state index in [0.29, 0.717) is 4.57 Å². The number of hydrogen-bond acceptors (Lipinski definition) is 3. The number of nitrogens with zero attached hydrogens (tertiary/aromatic N) is 6. The van der Waals surface area contributed by atoms with Gasteiger partial charge in [-0.25, -0.2) is 4.98 Å². The lowest BCUT2D eigenvalue weighted by Crippen LogP contribution is -2.06. The molecule has 12 aromatic rings. The molecule has 0 N–H and O–H groups in total. The highest BCUT2D eigenvalue weighted by atomic mass is 15.2. The minimum absolute atomic E-state index is 0.500. The maximum absolute atomic E-state index is 10.1. The molecule has 12 rings (SSSR count). The highest BCUT2D eigenvalue weighted by molar-refractivity contribution is 6.12. The fourth-order valence-corrected chi connectivity index (χ4v) is 6.71. The van der Waals surface area contributed by atoms with Crippen LogP contribution < -0.4 is 0 Å². The van der Waals surface area contributed by atoms with Crippen molar-refractivity contribution in [2.75, 3.05) is 0 Å². The van der Waals surface area contributed by atoms with Gasteiger partial charge in [0.15, 0.2) is 11.6 Å². The van der Waals surface area contributed by atoms with Crippen LogP contribution in [-0.4, -0.2) is 28.7 Å². The molecule has 4 aromatic heterocycles. The summed E-state index contributed by atoms with van der Waals surface area (Å²) in [6.07, 6.45) is 0. The molecule has 0 fully saturated rings. The van der Waals surface area contributed by atoms with E-state index in [1.165, 1.54) is 0 Å². The second-order valence-electron chi connectivity index (χ2n) is 12.1. The Morgan fingerprint density at radius 1 is 0.298 bits per heavy atom. The zero-order chi connectivity index (χ0) is 65.3. The highest BCUT2D eigenvalue weighted by Gasteiger charge is 2.20. The Morgan fingerprint density at radius 3 is 1.25 bits per heavy atom. The molecule has 0 amide bonds. The fraction of sp³-hybridized carbons (Fsp3) is 0. The summed E-state index contributed by atoms with van der Waals surface area (Å²) in [5, 5.41) is -3.41. The molecule has 0 saturated heterocycles. The van der Waals surface area contributed by atoms with Crippen LogP contribution in [0.15, 0.2) is 193 Å². The normalized spacial score (nSPS) is 19.7. The maximum Gasteiger partial charge on any atom is 0.238 e. The van der Waals surface area contributed by atoms with Crippen LogP contribution >= 0.6 is 0 Å². The molecule has 0 unspecified atom stereocenters. The number of aromatic nitrogens is 6. The van der Waals surface area contributed by atoms with Gasteiger partial charge < -0.3 is 9.13 Å². The maximum atomic E-state index is 10.1. The van der Waals surface area contributed by atoms with Gasteiger partial charge in [0.2, 0.25) is 5.95 Å². The molecule has 0 aliphatic carbocycles. The van der Waals surface area contributed by atoms with Crippen LogP contribution in [0.25, 0.3) is 106 Å². The number of rotatable bonds is 5. The molecule has 57 heavy (non-hydrogen) atoms. The van der Waals surface area contributed by atoms with Crippen molar-refractivity contribution in [3.63, 3.8) is 0 Å². The van der Waals surface area contributed by atoms with Gasteiger partial charge in [-0.2, -0.15) is 9.97 Å². The van der Waals surface area contributed by atoms with Crippen LogP contribution in [0.4, 0.5) is 0 Å². The Labute approximate surface area is 372 Å². The summed E-state index contributed by atoms with van der Waals surface area (Å²) >= 11 is 0. The first-order chi connectivity index (χ1) is 41.6. The van der Waals surface area contributed by atoms with E-state index in [-0.39, 0.29) is 0 Å². The first kappa shape index (κ1) is 13.4. The molecule has 0 aliphatic rings. The standard InChI is InChI=1S/C51H32N6/c1-2-15-33(16-3-1)49-52-50(54-51(53-49)57-46-27-12-6-21-39(46)40-22-7-13-28-47(40)57)34-17-14-18-35(31-34)55-45-26-11-8-23-41(45)42-32-36(29-30-48(42)55)56-43-24-9-4-19-37(43)38-20-5-10-25-44(38)56/h1-32H/i1D,2D,3D,4D,5D,6D,7D,8D,9D,10D,11D,12D,13D,14D,15D,16D,17D,18D,19D,20D,21D,22D,23D,24D,25D,26D,27D,28D,29D,30D,31D,32D. The van der Waals surface area contributed by atoms with Gasteiger partial charge in [0.1, 0.15) is 0 Å². The highest BCUT2D eigenvalue weighted by Crippen LogP contribution is 2.38. The third-order valence-corrected chi connectivity index (χ3v) is 9.04. The van der Waals surface area contributed by atoms with E-state index in [1.54, 1.807) is 0 Å². The molecule has 4 heterocycles. The van der Waals surface area contributed by atoms with E-state index in [4.69, 9.17) is 31.5 Å². The Balaban J connectivity index is 1.28. The van der Waals surface area contributed by atoms with Crippen molar-refractivity contribution in [3.05, 3.63) is 193 Å². The number of hydrogen-bond donors (Lipinski definition) is 0. The van der Waals surface area contributed by atoms with Crippen molar-refractivity contribution >= 4 is 65.4 Å². The van der Waals surface area contributed by atoms with E-state index >= 15 is 0 Å². The van der Waals surface area contributed by atoms with Crippen LogP contribution in [0.5, 0.6) is 0 Å². The van der Waals surface area contributed by atoms with Gasteiger partial charge in [-0.3, -0.25) is 4.57 Å². The predicted molar refractivity (Wildman–Crippen MR) is 234 cm³/mol. The third kappa shape index (κ3) is 4.81. The SMILES string of the molecule is [2H]c1c([2H])c([2H])c(-c2nc(-c3c([2H])c([2H])c([2H])c(-n4c5c([2H])c([2H])c([2H])c([2H])c5c5c([2H])c(-n6c7c([2H])c([2H])c([2H])c([2H])c7c7c([2H])c([2H])c([2H])c([2H])c76)c([2H])c([2H])c54)c3[2H])nc(-n3c4c([2H])c([2H])c([2H])c([2H])c4c4c([2H])c([2H])c([2H])c([2H])c43)n2)c([2H])c1[2H]. The predicted octanol–water partition coefficient (Wildman–Crippen LogP) is 12.5. The van der Waals surface area contributed by atoms with Crippen molar-refractivity contribution < 1.29 is 43.9 Å². The van der Waals surface area contributed by atoms with Crippen LogP contribution in [0.3, 0.4) is 0 Å². The van der Waals surface area contributed by atoms with Crippen LogP contribution in [-0.2, 0) is 0 Å². The van der Waals surface area contributed by atoms with Crippen molar-refractivity contribution in [3.8, 4) is 40.1 Å². The van der Waals surface area contributed by atoms with Gasteiger partial charge in [-0.15, -0.1) is 0 Å². The van der Waals surface area contributed by atoms with Crippen LogP contribution in [0, 0.1) is 0 Å². The van der Waals surface area contributed by atoms with E-state index < -0.39 is 299 Å². The Hall–Kier alpha value is -7.83. The van der Waals surface area contributed by atoms with Gasteiger partial charge in [0, 0.05) is 54.8 Å². The number of benzene rings is 8. The molecule has 0 atom stereocenters. The van der Waals surface area contributed by atoms with Gasteiger partial charge in [-0.05, 0) is 60.4 Å². The van der Waals surface area contributed by atoms with Gasteiger partial charge in [0.05, 0.1) is 77.0 Å². The van der Waals surface area contributed by atoms with Crippen molar-refractivity contribution in [2.45, 2.75) is 0 Å². The zero-order valence-electron chi connectivity index (χ0n) is 60.2. The second kappa shape index (κ2) is 12.3. The lowest BCUT2D eigenvalue weighted by molar-refractivity contribution is 0.953. The molecule has 6 heteroatoms. The summed E-state index contributed by atoms with van der Waals surface area (Å²) in [4.78, 5) is 13.3. The van der Waals surface area contributed by atoms with Crippen LogP contribution in [0.1, 0.15) is 43.9 Å². The molecule has 0 spiro atoms. The largest absolute Gasteiger partial charge is 0.309 e. The topological polar surface area (TPSA) is 53.5 Å². The molecule has 8 aromatic carbocycles. The first-order valence-corrected chi connectivity index (χ1v) is 16.6. The van der Waals surface area contributed by atoms with Crippen molar-refractivity contribution in [1.29, 1.82) is 0 Å². The zero-order valence-corrected chi connectivity index (χ0v) is 28.2. The summed E-state index contributed by atoms with van der Waals surface area (Å²) in [6, 6.07) is -30.2. The quantitative estimate of drug-likeness (QED) is 0.176. The summed E-state index contributed by atoms with van der Waals surface area (Å²) in [5.41, 5.74) is -7.60. The lowest BCUT2D eigenvalue weighted by Gasteiger charge is -2.13. The monoisotopic (exact) mass is 760 g/mol. The summed E-state index contributed by atoms with van der Waals surface area (Å²) in [7, 11) is 0. The third-order valence-electron chi connectivity index (χ3n) is 9.04. The average molecular weight is 761 g/mol. The Kier molecular flexibility index (Phi) is 2.91. The molecule has 0 radical (unpaired) electrons. The van der Waals surface area contributed by atoms with Gasteiger partial charge in [0.25, 0.3) is 0 Å².